The molecule has 2 amide bonds. The Morgan fingerprint density at radius 3 is 2.10 bits per heavy atom. The van der Waals surface area contributed by atoms with Crippen LogP contribution in [0.5, 0.6) is 0 Å². The summed E-state index contributed by atoms with van der Waals surface area (Å²) >= 11 is 0. The number of nitrogens with one attached hydrogen (secondary N) is 2. The van der Waals surface area contributed by atoms with Crippen molar-refractivity contribution in [1.82, 2.24) is 19.7 Å². The Labute approximate surface area is 229 Å². The fourth-order valence-corrected chi connectivity index (χ4v) is 5.12. The van der Waals surface area contributed by atoms with Gasteiger partial charge in [-0.05, 0) is 48.4 Å². The second-order valence-corrected chi connectivity index (χ2v) is 9.58. The van der Waals surface area contributed by atoms with Gasteiger partial charge in [0.25, 0.3) is 17.4 Å². The second-order valence-electron chi connectivity index (χ2n) is 9.58. The monoisotopic (exact) mass is 560 g/mol. The van der Waals surface area contributed by atoms with Gasteiger partial charge in [0, 0.05) is 10.9 Å². The van der Waals surface area contributed by atoms with Crippen LogP contribution in [0.4, 0.5) is 17.6 Å². The summed E-state index contributed by atoms with van der Waals surface area (Å²) in [6, 6.07) is 19.6. The molecule has 0 bridgehead atoms. The number of halogens is 4. The molecule has 3 heterocycles. The highest BCUT2D eigenvalue weighted by Gasteiger charge is 2.47. The van der Waals surface area contributed by atoms with Crippen LogP contribution in [0.3, 0.4) is 0 Å². The molecular formula is C30H20F4N4O3. The number of imide groups is 1. The van der Waals surface area contributed by atoms with E-state index in [0.29, 0.717) is 26.7 Å². The Balaban J connectivity index is 1.63. The fraction of sp³-hybridized carbons (Fsp3) is 0.100. The Morgan fingerprint density at radius 2 is 1.44 bits per heavy atom. The molecule has 0 radical (unpaired) electrons. The molecule has 7 nitrogen and oxygen atoms in total. The van der Waals surface area contributed by atoms with Crippen molar-refractivity contribution in [3.63, 3.8) is 0 Å². The Kier molecular flexibility index (Phi) is 6.02. The van der Waals surface area contributed by atoms with Gasteiger partial charge in [-0.25, -0.2) is 9.07 Å². The summed E-state index contributed by atoms with van der Waals surface area (Å²) in [7, 11) is 0. The van der Waals surface area contributed by atoms with E-state index in [9.17, 15) is 31.9 Å². The lowest BCUT2D eigenvalue weighted by Crippen LogP contribution is -2.31. The normalized spacial score (nSPS) is 14.1. The molecule has 0 atom stereocenters. The molecule has 0 spiro atoms. The third-order valence-corrected chi connectivity index (χ3v) is 7.08. The van der Waals surface area contributed by atoms with Crippen LogP contribution in [0.25, 0.3) is 27.7 Å². The predicted molar refractivity (Wildman–Crippen MR) is 143 cm³/mol. The van der Waals surface area contributed by atoms with Gasteiger partial charge in [0.2, 0.25) is 0 Å². The maximum absolute atomic E-state index is 14.4. The van der Waals surface area contributed by atoms with E-state index >= 15 is 0 Å². The number of benzene rings is 3. The zero-order chi connectivity index (χ0) is 29.1. The van der Waals surface area contributed by atoms with E-state index < -0.39 is 46.2 Å². The van der Waals surface area contributed by atoms with Crippen molar-refractivity contribution >= 4 is 33.9 Å². The maximum atomic E-state index is 14.4. The lowest BCUT2D eigenvalue weighted by Gasteiger charge is -2.15. The molecule has 1 aliphatic rings. The summed E-state index contributed by atoms with van der Waals surface area (Å²) in [4.78, 5) is 45.3. The molecule has 5 aromatic rings. The zero-order valence-electron chi connectivity index (χ0n) is 21.3. The number of nitrogens with zero attached hydrogens (tertiary/aromatic N) is 2. The molecule has 206 valence electrons. The van der Waals surface area contributed by atoms with Crippen molar-refractivity contribution in [2.75, 3.05) is 0 Å². The van der Waals surface area contributed by atoms with Gasteiger partial charge in [0.1, 0.15) is 5.82 Å². The lowest BCUT2D eigenvalue weighted by molar-refractivity contribution is -0.141. The second kappa shape index (κ2) is 9.47. The standard InChI is InChI=1S/C30H20F4N4O3/c1-16-20-9-5-6-10-21(20)35-25(16)23-22(27(39)37(28(23)40)15-17-11-13-18(31)14-12-17)24-26(30(32,33)34)36-38(29(24)41)19-7-3-2-4-8-19/h2-14,35-36H,15H2,1H3. The van der Waals surface area contributed by atoms with E-state index in [1.165, 1.54) is 24.3 Å². The summed E-state index contributed by atoms with van der Waals surface area (Å²) in [6.45, 7) is 1.33. The first-order valence-corrected chi connectivity index (χ1v) is 12.5. The van der Waals surface area contributed by atoms with Crippen LogP contribution in [0.15, 0.2) is 83.7 Å². The molecule has 0 saturated carbocycles. The van der Waals surface area contributed by atoms with Crippen LogP contribution in [0, 0.1) is 12.7 Å². The van der Waals surface area contributed by atoms with Crippen molar-refractivity contribution < 1.29 is 27.2 Å². The molecule has 41 heavy (non-hydrogen) atoms. The third kappa shape index (κ3) is 4.26. The smallest absolute Gasteiger partial charge is 0.354 e. The van der Waals surface area contributed by atoms with E-state index in [4.69, 9.17) is 0 Å². The number of aryl methyl sites for hydroxylation is 1. The summed E-state index contributed by atoms with van der Waals surface area (Å²) in [5, 5.41) is 2.81. The van der Waals surface area contributed by atoms with E-state index in [0.717, 1.165) is 17.0 Å². The summed E-state index contributed by atoms with van der Waals surface area (Å²) in [5.74, 6) is -2.50. The number of aromatic nitrogens is 3. The molecule has 11 heteroatoms. The van der Waals surface area contributed by atoms with Gasteiger partial charge < -0.3 is 4.98 Å². The summed E-state index contributed by atoms with van der Waals surface area (Å²) < 4.78 is 57.5. The van der Waals surface area contributed by atoms with Crippen LogP contribution < -0.4 is 5.56 Å². The largest absolute Gasteiger partial charge is 0.433 e. The zero-order valence-corrected chi connectivity index (χ0v) is 21.3. The number of aromatic amines is 2. The van der Waals surface area contributed by atoms with Crippen molar-refractivity contribution in [3.8, 4) is 5.69 Å². The van der Waals surface area contributed by atoms with Gasteiger partial charge in [-0.3, -0.25) is 24.4 Å². The number of rotatable bonds is 5. The number of hydrogen-bond acceptors (Lipinski definition) is 3. The average molecular weight is 561 g/mol. The number of para-hydroxylation sites is 2. The molecule has 6 rings (SSSR count). The molecule has 1 aliphatic heterocycles. The molecule has 3 aromatic carbocycles. The molecule has 0 fully saturated rings. The highest BCUT2D eigenvalue weighted by atomic mass is 19.4. The van der Waals surface area contributed by atoms with Crippen molar-refractivity contribution in [1.29, 1.82) is 0 Å². The predicted octanol–water partition coefficient (Wildman–Crippen LogP) is 5.59. The fourth-order valence-electron chi connectivity index (χ4n) is 5.12. The molecular weight excluding hydrogens is 540 g/mol. The van der Waals surface area contributed by atoms with Gasteiger partial charge in [0.05, 0.1) is 34.6 Å². The van der Waals surface area contributed by atoms with Gasteiger partial charge in [0.15, 0.2) is 5.69 Å². The van der Waals surface area contributed by atoms with Gasteiger partial charge in [-0.1, -0.05) is 48.5 Å². The molecule has 2 N–H and O–H groups in total. The van der Waals surface area contributed by atoms with Crippen LogP contribution in [0.1, 0.15) is 28.1 Å². The minimum atomic E-state index is -5.07. The first kappa shape index (κ1) is 26.1. The molecule has 0 unspecified atom stereocenters. The number of hydrogen-bond donors (Lipinski definition) is 2. The molecule has 2 aromatic heterocycles. The number of alkyl halides is 3. The van der Waals surface area contributed by atoms with Gasteiger partial charge in [-0.2, -0.15) is 13.2 Å². The number of H-pyrrole nitrogens is 2. The average Bonchev–Trinajstić information content (AvgIpc) is 3.55. The first-order valence-electron chi connectivity index (χ1n) is 12.5. The molecule has 0 aliphatic carbocycles. The SMILES string of the molecule is Cc1c(C2=C(c3c(C(F)(F)F)[nH]n(-c4ccccc4)c3=O)C(=O)N(Cc3ccc(F)cc3)C2=O)[nH]c2ccccc12. The van der Waals surface area contributed by atoms with Crippen LogP contribution in [-0.4, -0.2) is 31.5 Å². The maximum Gasteiger partial charge on any atom is 0.433 e. The van der Waals surface area contributed by atoms with E-state index in [-0.39, 0.29) is 23.5 Å². The third-order valence-electron chi connectivity index (χ3n) is 7.08. The van der Waals surface area contributed by atoms with Crippen LogP contribution >= 0.6 is 0 Å². The summed E-state index contributed by atoms with van der Waals surface area (Å²) in [5.41, 5.74) is -2.88. The van der Waals surface area contributed by atoms with Crippen LogP contribution in [0.2, 0.25) is 0 Å². The number of carbonyl (C=O) groups is 2. The minimum absolute atomic E-state index is 0.109. The quantitative estimate of drug-likeness (QED) is 0.217. The Bertz CT molecular complexity index is 1930. The number of amides is 2. The minimum Gasteiger partial charge on any atom is -0.354 e. The Hall–Kier alpha value is -5.19. The summed E-state index contributed by atoms with van der Waals surface area (Å²) in [6.07, 6.45) is -5.07. The topological polar surface area (TPSA) is 91.0 Å². The van der Waals surface area contributed by atoms with Gasteiger partial charge >= 0.3 is 6.18 Å². The highest BCUT2D eigenvalue weighted by Crippen LogP contribution is 2.42. The van der Waals surface area contributed by atoms with Gasteiger partial charge in [-0.15, -0.1) is 0 Å². The van der Waals surface area contributed by atoms with E-state index in [1.54, 1.807) is 49.4 Å². The van der Waals surface area contributed by atoms with Crippen molar-refractivity contribution in [2.45, 2.75) is 19.6 Å². The number of fused-ring (bicyclic) bond motifs is 1. The van der Waals surface area contributed by atoms with E-state index in [2.05, 4.69) is 10.1 Å². The van der Waals surface area contributed by atoms with Crippen LogP contribution in [-0.2, 0) is 22.3 Å². The Morgan fingerprint density at radius 1 is 0.805 bits per heavy atom. The number of carbonyl (C=O) groups excluding carboxylic acids is 2. The van der Waals surface area contributed by atoms with Crippen molar-refractivity contribution in [3.05, 3.63) is 123 Å². The highest BCUT2D eigenvalue weighted by molar-refractivity contribution is 6.49. The lowest BCUT2D eigenvalue weighted by atomic mass is 9.97. The van der Waals surface area contributed by atoms with Crippen molar-refractivity contribution in [2.24, 2.45) is 0 Å². The first-order chi connectivity index (χ1) is 19.6. The van der Waals surface area contributed by atoms with E-state index in [1.807, 2.05) is 0 Å². The molecule has 0 saturated heterocycles.